The van der Waals surface area contributed by atoms with Gasteiger partial charge in [-0.05, 0) is 24.6 Å². The Bertz CT molecular complexity index is 447. The fraction of sp³-hybridized carbons (Fsp3) is 0.222. The number of aryl methyl sites for hydroxylation is 1. The van der Waals surface area contributed by atoms with Crippen molar-refractivity contribution in [3.05, 3.63) is 34.9 Å². The molecule has 0 aliphatic carbocycles. The molecule has 0 radical (unpaired) electrons. The second-order valence-corrected chi connectivity index (χ2v) is 3.34. The normalized spacial score (nSPS) is 11.0. The number of pyridine rings is 1. The second kappa shape index (κ2) is 3.01. The maximum atomic E-state index is 5.94. The third kappa shape index (κ3) is 1.30. The number of hydrogen-bond acceptors (Lipinski definition) is 2. The van der Waals surface area contributed by atoms with Gasteiger partial charge in [-0.15, -0.1) is 0 Å². The summed E-state index contributed by atoms with van der Waals surface area (Å²) in [5.41, 5.74) is 7.61. The molecule has 0 aliphatic rings. The Hall–Kier alpha value is -1.06. The van der Waals surface area contributed by atoms with Crippen molar-refractivity contribution in [2.24, 2.45) is 5.73 Å². The largest absolute Gasteiger partial charge is 0.324 e. The van der Waals surface area contributed by atoms with Crippen molar-refractivity contribution in [1.29, 1.82) is 0 Å². The first-order valence-corrected chi connectivity index (χ1v) is 4.43. The summed E-state index contributed by atoms with van der Waals surface area (Å²) < 4.78 is 1.91. The van der Waals surface area contributed by atoms with Crippen molar-refractivity contribution >= 4 is 17.1 Å². The number of imidazole rings is 1. The van der Waals surface area contributed by atoms with Gasteiger partial charge in [0.2, 0.25) is 0 Å². The van der Waals surface area contributed by atoms with Gasteiger partial charge >= 0.3 is 0 Å². The highest BCUT2D eigenvalue weighted by Crippen LogP contribution is 2.18. The first-order chi connectivity index (χ1) is 6.22. The summed E-state index contributed by atoms with van der Waals surface area (Å²) in [5, 5.41) is 0.518. The predicted molar refractivity (Wildman–Crippen MR) is 52.8 cm³/mol. The van der Waals surface area contributed by atoms with Crippen molar-refractivity contribution in [3.63, 3.8) is 0 Å². The minimum Gasteiger partial charge on any atom is -0.324 e. The van der Waals surface area contributed by atoms with Gasteiger partial charge in [0.05, 0.1) is 12.1 Å². The van der Waals surface area contributed by atoms with Crippen molar-refractivity contribution in [2.45, 2.75) is 13.5 Å². The number of nitrogens with two attached hydrogens (primary N) is 1. The average molecular weight is 196 g/mol. The molecule has 3 nitrogen and oxygen atoms in total. The van der Waals surface area contributed by atoms with Crippen LogP contribution in [0, 0.1) is 6.92 Å². The van der Waals surface area contributed by atoms with Crippen molar-refractivity contribution in [2.75, 3.05) is 0 Å². The lowest BCUT2D eigenvalue weighted by molar-refractivity contribution is 0.902. The van der Waals surface area contributed by atoms with Gasteiger partial charge in [0.1, 0.15) is 5.82 Å². The molecule has 0 unspecified atom stereocenters. The van der Waals surface area contributed by atoms with Crippen LogP contribution < -0.4 is 5.73 Å². The Labute approximate surface area is 81.1 Å². The van der Waals surface area contributed by atoms with Crippen molar-refractivity contribution < 1.29 is 0 Å². The summed E-state index contributed by atoms with van der Waals surface area (Å²) in [6.45, 7) is 2.42. The fourth-order valence-corrected chi connectivity index (χ4v) is 1.60. The van der Waals surface area contributed by atoms with Crippen molar-refractivity contribution in [1.82, 2.24) is 9.38 Å². The van der Waals surface area contributed by atoms with Crippen LogP contribution in [0.5, 0.6) is 0 Å². The number of nitrogens with zero attached hydrogens (tertiary/aromatic N) is 2. The van der Waals surface area contributed by atoms with Crippen LogP contribution in [0.3, 0.4) is 0 Å². The van der Waals surface area contributed by atoms with Gasteiger partial charge in [-0.1, -0.05) is 11.6 Å². The molecule has 0 saturated heterocycles. The number of hydrogen-bond donors (Lipinski definition) is 1. The molecule has 2 heterocycles. The number of aromatic nitrogens is 2. The van der Waals surface area contributed by atoms with E-state index in [0.717, 1.165) is 16.9 Å². The zero-order chi connectivity index (χ0) is 9.42. The van der Waals surface area contributed by atoms with Gasteiger partial charge in [0.25, 0.3) is 0 Å². The molecule has 0 atom stereocenters. The third-order valence-electron chi connectivity index (χ3n) is 2.01. The predicted octanol–water partition coefficient (Wildman–Crippen LogP) is 1.75. The van der Waals surface area contributed by atoms with E-state index in [-0.39, 0.29) is 0 Å². The second-order valence-electron chi connectivity index (χ2n) is 2.98. The Morgan fingerprint density at radius 1 is 1.62 bits per heavy atom. The quantitative estimate of drug-likeness (QED) is 0.754. The molecule has 68 valence electrons. The van der Waals surface area contributed by atoms with Crippen LogP contribution in [0.15, 0.2) is 18.3 Å². The summed E-state index contributed by atoms with van der Waals surface area (Å²) in [7, 11) is 0. The molecule has 2 aromatic rings. The molecule has 0 amide bonds. The molecular formula is C9H10ClN3. The van der Waals surface area contributed by atoms with Crippen LogP contribution in [0.25, 0.3) is 5.52 Å². The van der Waals surface area contributed by atoms with E-state index in [2.05, 4.69) is 4.98 Å². The van der Waals surface area contributed by atoms with E-state index >= 15 is 0 Å². The van der Waals surface area contributed by atoms with E-state index in [9.17, 15) is 0 Å². The van der Waals surface area contributed by atoms with Gasteiger partial charge in [0.15, 0.2) is 5.15 Å². The minimum absolute atomic E-state index is 0.400. The summed E-state index contributed by atoms with van der Waals surface area (Å²) in [6.07, 6.45) is 1.94. The summed E-state index contributed by atoms with van der Waals surface area (Å²) in [5.74, 6) is 0.792. The molecule has 4 heteroatoms. The van der Waals surface area contributed by atoms with Gasteiger partial charge in [-0.25, -0.2) is 4.98 Å². The maximum absolute atomic E-state index is 5.94. The van der Waals surface area contributed by atoms with Crippen molar-refractivity contribution in [3.8, 4) is 0 Å². The zero-order valence-corrected chi connectivity index (χ0v) is 8.04. The zero-order valence-electron chi connectivity index (χ0n) is 7.29. The smallest absolute Gasteiger partial charge is 0.155 e. The molecule has 0 aromatic carbocycles. The average Bonchev–Trinajstić information content (AvgIpc) is 2.43. The number of halogens is 1. The van der Waals surface area contributed by atoms with Crippen LogP contribution in [-0.2, 0) is 6.54 Å². The van der Waals surface area contributed by atoms with Crippen LogP contribution >= 0.6 is 11.6 Å². The Morgan fingerprint density at radius 2 is 2.38 bits per heavy atom. The topological polar surface area (TPSA) is 43.3 Å². The summed E-state index contributed by atoms with van der Waals surface area (Å²) in [6, 6.07) is 4.00. The lowest BCUT2D eigenvalue weighted by Crippen LogP contribution is -2.02. The van der Waals surface area contributed by atoms with Gasteiger partial charge in [-0.2, -0.15) is 0 Å². The van der Waals surface area contributed by atoms with E-state index in [1.165, 1.54) is 0 Å². The Balaban J connectivity index is 2.80. The first-order valence-electron chi connectivity index (χ1n) is 4.05. The first kappa shape index (κ1) is 8.53. The monoisotopic (exact) mass is 195 g/mol. The third-order valence-corrected chi connectivity index (χ3v) is 2.29. The van der Waals surface area contributed by atoms with Gasteiger partial charge < -0.3 is 10.1 Å². The fourth-order valence-electron chi connectivity index (χ4n) is 1.36. The van der Waals surface area contributed by atoms with Gasteiger partial charge in [0, 0.05) is 6.20 Å². The van der Waals surface area contributed by atoms with Crippen LogP contribution in [0.2, 0.25) is 5.15 Å². The maximum Gasteiger partial charge on any atom is 0.155 e. The lowest BCUT2D eigenvalue weighted by atomic mass is 10.3. The van der Waals surface area contributed by atoms with E-state index in [1.807, 2.05) is 29.7 Å². The molecule has 0 bridgehead atoms. The molecule has 0 fully saturated rings. The highest BCUT2D eigenvalue weighted by molar-refractivity contribution is 6.32. The van der Waals surface area contributed by atoms with E-state index < -0.39 is 0 Å². The van der Waals surface area contributed by atoms with Crippen LogP contribution in [0.1, 0.15) is 11.4 Å². The molecular weight excluding hydrogens is 186 g/mol. The van der Waals surface area contributed by atoms with E-state index in [1.54, 1.807) is 0 Å². The molecule has 2 rings (SSSR count). The summed E-state index contributed by atoms with van der Waals surface area (Å²) >= 11 is 5.94. The lowest BCUT2D eigenvalue weighted by Gasteiger charge is -1.98. The number of rotatable bonds is 1. The van der Waals surface area contributed by atoms with E-state index in [4.69, 9.17) is 17.3 Å². The molecule has 13 heavy (non-hydrogen) atoms. The highest BCUT2D eigenvalue weighted by Gasteiger charge is 2.06. The minimum atomic E-state index is 0.400. The highest BCUT2D eigenvalue weighted by atomic mass is 35.5. The number of fused-ring (bicyclic) bond motifs is 1. The summed E-state index contributed by atoms with van der Waals surface area (Å²) in [4.78, 5) is 4.15. The SMILES string of the molecule is Cc1ccn2c(CN)nc(Cl)c2c1. The molecule has 0 aliphatic heterocycles. The van der Waals surface area contributed by atoms with E-state index in [0.29, 0.717) is 11.7 Å². The standard InChI is InChI=1S/C9H10ClN3/c1-6-2-3-13-7(4-6)9(10)12-8(13)5-11/h2-4H,5,11H2,1H3. The molecule has 2 N–H and O–H groups in total. The molecule has 0 spiro atoms. The Morgan fingerprint density at radius 3 is 3.08 bits per heavy atom. The molecule has 2 aromatic heterocycles. The molecule has 0 saturated carbocycles. The van der Waals surface area contributed by atoms with Crippen LogP contribution in [0.4, 0.5) is 0 Å². The Kier molecular flexibility index (Phi) is 1.98. The van der Waals surface area contributed by atoms with Crippen LogP contribution in [-0.4, -0.2) is 9.38 Å². The van der Waals surface area contributed by atoms with Gasteiger partial charge in [-0.3, -0.25) is 0 Å².